The maximum atomic E-state index is 5.72. The molecule has 1 atom stereocenters. The third kappa shape index (κ3) is 1.99. The number of fused-ring (bicyclic) bond motifs is 1. The molecule has 16 heavy (non-hydrogen) atoms. The van der Waals surface area contributed by atoms with E-state index in [-0.39, 0.29) is 0 Å². The van der Waals surface area contributed by atoms with E-state index in [2.05, 4.69) is 21.8 Å². The molecule has 1 fully saturated rings. The first-order chi connectivity index (χ1) is 7.84. The van der Waals surface area contributed by atoms with Crippen LogP contribution in [0.15, 0.2) is 6.20 Å². The monoisotopic (exact) mass is 221 g/mol. The minimum Gasteiger partial charge on any atom is -0.375 e. The Hall–Kier alpha value is -0.870. The Balaban J connectivity index is 1.65. The maximum absolute atomic E-state index is 5.72. The van der Waals surface area contributed by atoms with E-state index in [9.17, 15) is 0 Å². The molecule has 1 N–H and O–H groups in total. The molecule has 1 aliphatic heterocycles. The Kier molecular flexibility index (Phi) is 2.69. The fraction of sp³-hybridized carbons (Fsp3) is 0.750. The Bertz CT molecular complexity index is 370. The van der Waals surface area contributed by atoms with Gasteiger partial charge in [0.1, 0.15) is 5.82 Å². The van der Waals surface area contributed by atoms with Crippen LogP contribution >= 0.6 is 0 Å². The average molecular weight is 221 g/mol. The van der Waals surface area contributed by atoms with Crippen molar-refractivity contribution in [1.82, 2.24) is 14.9 Å². The summed E-state index contributed by atoms with van der Waals surface area (Å²) in [6.45, 7) is 5.85. The molecule has 0 aromatic carbocycles. The molecular weight excluding hydrogens is 202 g/mol. The highest BCUT2D eigenvalue weighted by Crippen LogP contribution is 2.29. The van der Waals surface area contributed by atoms with Gasteiger partial charge in [-0.1, -0.05) is 0 Å². The van der Waals surface area contributed by atoms with Crippen LogP contribution in [0.25, 0.3) is 0 Å². The van der Waals surface area contributed by atoms with Crippen molar-refractivity contribution in [2.45, 2.75) is 39.0 Å². The van der Waals surface area contributed by atoms with Crippen molar-refractivity contribution in [1.29, 1.82) is 0 Å². The summed E-state index contributed by atoms with van der Waals surface area (Å²) < 4.78 is 8.02. The molecule has 1 saturated carbocycles. The van der Waals surface area contributed by atoms with E-state index < -0.39 is 0 Å². The topological polar surface area (TPSA) is 39.1 Å². The molecule has 0 saturated heterocycles. The molecular formula is C12H19N3O. The van der Waals surface area contributed by atoms with Gasteiger partial charge in [0, 0.05) is 19.7 Å². The molecule has 0 amide bonds. The summed E-state index contributed by atoms with van der Waals surface area (Å²) in [6.07, 6.45) is 4.67. The fourth-order valence-corrected chi connectivity index (χ4v) is 2.24. The summed E-state index contributed by atoms with van der Waals surface area (Å²) in [6, 6.07) is 0.367. The fourth-order valence-electron chi connectivity index (χ4n) is 2.24. The van der Waals surface area contributed by atoms with Crippen molar-refractivity contribution < 1.29 is 4.74 Å². The smallest absolute Gasteiger partial charge is 0.125 e. The number of hydrogen-bond donors (Lipinski definition) is 1. The molecule has 0 spiro atoms. The number of nitrogens with zero attached hydrogens (tertiary/aromatic N) is 2. The second kappa shape index (κ2) is 4.18. The molecule has 88 valence electrons. The zero-order chi connectivity index (χ0) is 11.0. The first-order valence-corrected chi connectivity index (χ1v) is 6.20. The zero-order valence-corrected chi connectivity index (χ0v) is 9.78. The van der Waals surface area contributed by atoms with Crippen LogP contribution in [0.2, 0.25) is 0 Å². The second-order valence-electron chi connectivity index (χ2n) is 4.89. The SMILES string of the molecule is C[C@@H]1NCCn2c(COCC3CC3)cnc21. The third-order valence-corrected chi connectivity index (χ3v) is 3.44. The summed E-state index contributed by atoms with van der Waals surface area (Å²) >= 11 is 0. The minimum absolute atomic E-state index is 0.367. The van der Waals surface area contributed by atoms with Gasteiger partial charge >= 0.3 is 0 Å². The molecule has 2 aliphatic rings. The minimum atomic E-state index is 0.367. The van der Waals surface area contributed by atoms with E-state index >= 15 is 0 Å². The molecule has 4 nitrogen and oxygen atoms in total. The van der Waals surface area contributed by atoms with E-state index in [0.29, 0.717) is 6.04 Å². The summed E-state index contributed by atoms with van der Waals surface area (Å²) in [4.78, 5) is 4.47. The lowest BCUT2D eigenvalue weighted by Gasteiger charge is -2.23. The molecule has 1 aromatic rings. The Labute approximate surface area is 96.0 Å². The molecule has 3 rings (SSSR count). The van der Waals surface area contributed by atoms with Crippen LogP contribution in [0.3, 0.4) is 0 Å². The van der Waals surface area contributed by atoms with Crippen LogP contribution in [-0.2, 0) is 17.9 Å². The van der Waals surface area contributed by atoms with Gasteiger partial charge in [0.15, 0.2) is 0 Å². The average Bonchev–Trinajstić information content (AvgIpc) is 3.00. The van der Waals surface area contributed by atoms with Gasteiger partial charge in [-0.05, 0) is 25.7 Å². The predicted molar refractivity (Wildman–Crippen MR) is 61.0 cm³/mol. The van der Waals surface area contributed by atoms with E-state index in [4.69, 9.17) is 4.74 Å². The summed E-state index contributed by atoms with van der Waals surface area (Å²) in [5, 5.41) is 3.41. The van der Waals surface area contributed by atoms with Crippen molar-refractivity contribution in [2.24, 2.45) is 5.92 Å². The summed E-state index contributed by atoms with van der Waals surface area (Å²) in [5.41, 5.74) is 1.23. The van der Waals surface area contributed by atoms with Gasteiger partial charge in [-0.25, -0.2) is 4.98 Å². The van der Waals surface area contributed by atoms with E-state index in [0.717, 1.165) is 38.0 Å². The first-order valence-electron chi connectivity index (χ1n) is 6.20. The zero-order valence-electron chi connectivity index (χ0n) is 9.78. The third-order valence-electron chi connectivity index (χ3n) is 3.44. The van der Waals surface area contributed by atoms with Gasteiger partial charge in [0.25, 0.3) is 0 Å². The number of aromatic nitrogens is 2. The lowest BCUT2D eigenvalue weighted by molar-refractivity contribution is 0.106. The van der Waals surface area contributed by atoms with Crippen molar-refractivity contribution >= 4 is 0 Å². The maximum Gasteiger partial charge on any atom is 0.125 e. The predicted octanol–water partition coefficient (Wildman–Crippen LogP) is 1.47. The number of hydrogen-bond acceptors (Lipinski definition) is 3. The first kappa shape index (κ1) is 10.3. The molecule has 1 aliphatic carbocycles. The van der Waals surface area contributed by atoms with Crippen LogP contribution in [-0.4, -0.2) is 22.7 Å². The van der Waals surface area contributed by atoms with Crippen molar-refractivity contribution in [3.05, 3.63) is 17.7 Å². The second-order valence-corrected chi connectivity index (χ2v) is 4.89. The van der Waals surface area contributed by atoms with Crippen molar-refractivity contribution in [3.8, 4) is 0 Å². The molecule has 0 radical (unpaired) electrons. The molecule has 0 unspecified atom stereocenters. The lowest BCUT2D eigenvalue weighted by Crippen LogP contribution is -2.32. The summed E-state index contributed by atoms with van der Waals surface area (Å²) in [7, 11) is 0. The number of imidazole rings is 1. The standard InChI is InChI=1S/C12H19N3O/c1-9-12-14-6-11(15(12)5-4-13-9)8-16-7-10-2-3-10/h6,9-10,13H,2-5,7-8H2,1H3/t9-/m0/s1. The summed E-state index contributed by atoms with van der Waals surface area (Å²) in [5.74, 6) is 1.99. The van der Waals surface area contributed by atoms with E-state index in [1.807, 2.05) is 6.20 Å². The quantitative estimate of drug-likeness (QED) is 0.837. The largest absolute Gasteiger partial charge is 0.375 e. The highest BCUT2D eigenvalue weighted by molar-refractivity contribution is 5.09. The molecule has 1 aromatic heterocycles. The molecule has 0 bridgehead atoms. The van der Waals surface area contributed by atoms with Gasteiger partial charge in [-0.15, -0.1) is 0 Å². The normalized spacial score (nSPS) is 24.4. The lowest BCUT2D eigenvalue weighted by atomic mass is 10.2. The van der Waals surface area contributed by atoms with Gasteiger partial charge in [0.2, 0.25) is 0 Å². The Morgan fingerprint density at radius 2 is 2.44 bits per heavy atom. The number of nitrogens with one attached hydrogen (secondary N) is 1. The van der Waals surface area contributed by atoms with Gasteiger partial charge in [-0.3, -0.25) is 0 Å². The molecule has 4 heteroatoms. The van der Waals surface area contributed by atoms with Crippen LogP contribution in [0, 0.1) is 5.92 Å². The Morgan fingerprint density at radius 3 is 3.25 bits per heavy atom. The van der Waals surface area contributed by atoms with Crippen LogP contribution < -0.4 is 5.32 Å². The van der Waals surface area contributed by atoms with E-state index in [1.54, 1.807) is 0 Å². The van der Waals surface area contributed by atoms with E-state index in [1.165, 1.54) is 18.5 Å². The molecule has 2 heterocycles. The van der Waals surface area contributed by atoms with Gasteiger partial charge in [0.05, 0.1) is 24.5 Å². The van der Waals surface area contributed by atoms with Crippen molar-refractivity contribution in [2.75, 3.05) is 13.2 Å². The highest BCUT2D eigenvalue weighted by atomic mass is 16.5. The van der Waals surface area contributed by atoms with Crippen LogP contribution in [0.5, 0.6) is 0 Å². The van der Waals surface area contributed by atoms with Crippen LogP contribution in [0.1, 0.15) is 37.3 Å². The van der Waals surface area contributed by atoms with Crippen molar-refractivity contribution in [3.63, 3.8) is 0 Å². The highest BCUT2D eigenvalue weighted by Gasteiger charge is 2.22. The van der Waals surface area contributed by atoms with Crippen LogP contribution in [0.4, 0.5) is 0 Å². The number of ether oxygens (including phenoxy) is 1. The van der Waals surface area contributed by atoms with Gasteiger partial charge in [-0.2, -0.15) is 0 Å². The Morgan fingerprint density at radius 1 is 1.56 bits per heavy atom. The number of rotatable bonds is 4. The van der Waals surface area contributed by atoms with Gasteiger partial charge < -0.3 is 14.6 Å².